The molecule has 1 unspecified atom stereocenters. The Morgan fingerprint density at radius 3 is 2.57 bits per heavy atom. The van der Waals surface area contributed by atoms with Crippen LogP contribution in [0.25, 0.3) is 11.0 Å². The second-order valence-corrected chi connectivity index (χ2v) is 6.34. The molecule has 0 bridgehead atoms. The maximum Gasteiger partial charge on any atom is 0.305 e. The van der Waals surface area contributed by atoms with Crippen molar-refractivity contribution in [1.29, 1.82) is 0 Å². The molecule has 3 aromatic rings. The smallest absolute Gasteiger partial charge is 0.305 e. The summed E-state index contributed by atoms with van der Waals surface area (Å²) in [7, 11) is 1.59. The first kappa shape index (κ1) is 19.2. The molecule has 0 aliphatic rings. The average Bonchev–Trinajstić information content (AvgIpc) is 3.04. The molecular weight excluding hydrogens is 360 g/mol. The Morgan fingerprint density at radius 2 is 1.93 bits per heavy atom. The third kappa shape index (κ3) is 4.22. The summed E-state index contributed by atoms with van der Waals surface area (Å²) < 4.78 is 6.91. The summed E-state index contributed by atoms with van der Waals surface area (Å²) in [6.45, 7) is 0.187. The second kappa shape index (κ2) is 8.43. The van der Waals surface area contributed by atoms with Crippen molar-refractivity contribution < 1.29 is 19.4 Å². The number of hydrogen-bond acceptors (Lipinski definition) is 5. The third-order valence-corrected chi connectivity index (χ3v) is 4.45. The van der Waals surface area contributed by atoms with Gasteiger partial charge in [-0.05, 0) is 29.8 Å². The van der Waals surface area contributed by atoms with Gasteiger partial charge in [0, 0.05) is 13.0 Å². The standard InChI is InChI=1S/C20H22N4O4/c1-28-14-8-6-13(7-9-14)12-17(19(21)27)24-16-5-3-2-4-15(16)23-20(24)22-11-10-18(25)26/h2-9,17H,10-12H2,1H3,(H2,21,27)(H,22,23)(H,25,26). The van der Waals surface area contributed by atoms with E-state index in [1.54, 1.807) is 11.7 Å². The summed E-state index contributed by atoms with van der Waals surface area (Å²) in [5.41, 5.74) is 8.09. The number of ether oxygens (including phenoxy) is 1. The van der Waals surface area contributed by atoms with Crippen LogP contribution in [0.15, 0.2) is 48.5 Å². The molecule has 3 rings (SSSR count). The summed E-state index contributed by atoms with van der Waals surface area (Å²) in [5, 5.41) is 11.9. The Hall–Kier alpha value is -3.55. The highest BCUT2D eigenvalue weighted by Crippen LogP contribution is 2.27. The fourth-order valence-electron chi connectivity index (χ4n) is 3.07. The number of primary amides is 1. The summed E-state index contributed by atoms with van der Waals surface area (Å²) in [5.74, 6) is -0.275. The van der Waals surface area contributed by atoms with Gasteiger partial charge in [0.05, 0.1) is 24.6 Å². The van der Waals surface area contributed by atoms with Crippen molar-refractivity contribution in [2.45, 2.75) is 18.9 Å². The van der Waals surface area contributed by atoms with Crippen LogP contribution in [0.1, 0.15) is 18.0 Å². The number of carboxylic acids is 1. The third-order valence-electron chi connectivity index (χ3n) is 4.45. The van der Waals surface area contributed by atoms with E-state index in [1.165, 1.54) is 0 Å². The summed E-state index contributed by atoms with van der Waals surface area (Å²) >= 11 is 0. The molecule has 2 aromatic carbocycles. The van der Waals surface area contributed by atoms with E-state index in [1.807, 2.05) is 48.5 Å². The van der Waals surface area contributed by atoms with Crippen molar-refractivity contribution in [1.82, 2.24) is 9.55 Å². The maximum atomic E-state index is 12.3. The lowest BCUT2D eigenvalue weighted by molar-refractivity contribution is -0.136. The lowest BCUT2D eigenvalue weighted by Gasteiger charge is -2.19. The van der Waals surface area contributed by atoms with Crippen LogP contribution in [0.5, 0.6) is 5.75 Å². The molecule has 0 spiro atoms. The van der Waals surface area contributed by atoms with Crippen molar-refractivity contribution in [3.05, 3.63) is 54.1 Å². The first-order valence-corrected chi connectivity index (χ1v) is 8.84. The number of para-hydroxylation sites is 2. The summed E-state index contributed by atoms with van der Waals surface area (Å²) in [6, 6.07) is 14.1. The Kier molecular flexibility index (Phi) is 5.78. The zero-order chi connectivity index (χ0) is 20.1. The molecule has 4 N–H and O–H groups in total. The highest BCUT2D eigenvalue weighted by atomic mass is 16.5. The highest BCUT2D eigenvalue weighted by Gasteiger charge is 2.24. The largest absolute Gasteiger partial charge is 0.497 e. The molecule has 0 radical (unpaired) electrons. The maximum absolute atomic E-state index is 12.3. The van der Waals surface area contributed by atoms with Crippen molar-refractivity contribution in [3.8, 4) is 5.75 Å². The number of rotatable bonds is 9. The number of carbonyl (C=O) groups excluding carboxylic acids is 1. The SMILES string of the molecule is COc1ccc(CC(C(N)=O)n2c(NCCC(=O)O)nc3ccccc32)cc1. The van der Waals surface area contributed by atoms with Crippen LogP contribution in [0.2, 0.25) is 0 Å². The predicted molar refractivity (Wildman–Crippen MR) is 105 cm³/mol. The predicted octanol–water partition coefficient (Wildman–Crippen LogP) is 2.20. The monoisotopic (exact) mass is 382 g/mol. The number of imidazole rings is 1. The van der Waals surface area contributed by atoms with E-state index < -0.39 is 17.9 Å². The van der Waals surface area contributed by atoms with E-state index in [2.05, 4.69) is 10.3 Å². The van der Waals surface area contributed by atoms with Gasteiger partial charge >= 0.3 is 5.97 Å². The van der Waals surface area contributed by atoms with Crippen LogP contribution in [-0.4, -0.2) is 40.2 Å². The molecule has 28 heavy (non-hydrogen) atoms. The van der Waals surface area contributed by atoms with E-state index >= 15 is 0 Å². The molecule has 0 saturated heterocycles. The lowest BCUT2D eigenvalue weighted by Crippen LogP contribution is -2.29. The summed E-state index contributed by atoms with van der Waals surface area (Å²) in [4.78, 5) is 27.7. The number of carbonyl (C=O) groups is 2. The van der Waals surface area contributed by atoms with E-state index in [9.17, 15) is 9.59 Å². The fourth-order valence-corrected chi connectivity index (χ4v) is 3.07. The van der Waals surface area contributed by atoms with Gasteiger partial charge in [-0.3, -0.25) is 14.2 Å². The second-order valence-electron chi connectivity index (χ2n) is 6.34. The van der Waals surface area contributed by atoms with E-state index in [0.29, 0.717) is 17.9 Å². The lowest BCUT2D eigenvalue weighted by atomic mass is 10.0. The normalized spacial score (nSPS) is 11.9. The molecule has 1 atom stereocenters. The van der Waals surface area contributed by atoms with Gasteiger partial charge in [0.2, 0.25) is 11.9 Å². The number of anilines is 1. The quantitative estimate of drug-likeness (QED) is 0.522. The van der Waals surface area contributed by atoms with Crippen LogP contribution in [0.4, 0.5) is 5.95 Å². The number of aromatic nitrogens is 2. The molecule has 0 fully saturated rings. The molecule has 146 valence electrons. The number of carboxylic acid groups (broad SMARTS) is 1. The molecule has 1 amide bonds. The van der Waals surface area contributed by atoms with Crippen LogP contribution in [-0.2, 0) is 16.0 Å². The molecule has 0 aliphatic carbocycles. The number of aliphatic carboxylic acids is 1. The number of nitrogens with two attached hydrogens (primary N) is 1. The Bertz CT molecular complexity index is 982. The Morgan fingerprint density at radius 1 is 1.21 bits per heavy atom. The molecule has 1 heterocycles. The van der Waals surface area contributed by atoms with Gasteiger partial charge in [-0.2, -0.15) is 0 Å². The molecule has 8 heteroatoms. The number of amides is 1. The van der Waals surface area contributed by atoms with Gasteiger partial charge in [-0.1, -0.05) is 24.3 Å². The number of benzene rings is 2. The minimum Gasteiger partial charge on any atom is -0.497 e. The fraction of sp³-hybridized carbons (Fsp3) is 0.250. The van der Waals surface area contributed by atoms with Crippen LogP contribution >= 0.6 is 0 Å². The first-order valence-electron chi connectivity index (χ1n) is 8.84. The van der Waals surface area contributed by atoms with Crippen molar-refractivity contribution in [3.63, 3.8) is 0 Å². The number of hydrogen-bond donors (Lipinski definition) is 3. The molecule has 0 aliphatic heterocycles. The van der Waals surface area contributed by atoms with Crippen molar-refractivity contribution in [2.75, 3.05) is 19.0 Å². The topological polar surface area (TPSA) is 119 Å². The van der Waals surface area contributed by atoms with Gasteiger partial charge in [-0.25, -0.2) is 4.98 Å². The van der Waals surface area contributed by atoms with Crippen LogP contribution < -0.4 is 15.8 Å². The minimum absolute atomic E-state index is 0.0665. The van der Waals surface area contributed by atoms with Gasteiger partial charge in [0.25, 0.3) is 0 Å². The van der Waals surface area contributed by atoms with E-state index in [-0.39, 0.29) is 13.0 Å². The highest BCUT2D eigenvalue weighted by molar-refractivity contribution is 5.85. The molecular formula is C20H22N4O4. The minimum atomic E-state index is -0.917. The first-order chi connectivity index (χ1) is 13.5. The van der Waals surface area contributed by atoms with E-state index in [4.69, 9.17) is 15.6 Å². The van der Waals surface area contributed by atoms with Gasteiger partial charge in [-0.15, -0.1) is 0 Å². The van der Waals surface area contributed by atoms with Crippen LogP contribution in [0.3, 0.4) is 0 Å². The number of fused-ring (bicyclic) bond motifs is 1. The van der Waals surface area contributed by atoms with Crippen molar-refractivity contribution in [2.24, 2.45) is 5.73 Å². The number of nitrogens with one attached hydrogen (secondary N) is 1. The van der Waals surface area contributed by atoms with Crippen molar-refractivity contribution >= 4 is 28.9 Å². The number of methoxy groups -OCH3 is 1. The summed E-state index contributed by atoms with van der Waals surface area (Å²) in [6.07, 6.45) is 0.302. The van der Waals surface area contributed by atoms with Crippen LogP contribution in [0, 0.1) is 0 Å². The molecule has 8 nitrogen and oxygen atoms in total. The van der Waals surface area contributed by atoms with Gasteiger partial charge < -0.3 is 20.9 Å². The number of nitrogens with zero attached hydrogens (tertiary/aromatic N) is 2. The van der Waals surface area contributed by atoms with Gasteiger partial charge in [0.1, 0.15) is 11.8 Å². The van der Waals surface area contributed by atoms with E-state index in [0.717, 1.165) is 16.8 Å². The van der Waals surface area contributed by atoms with Gasteiger partial charge in [0.15, 0.2) is 0 Å². The zero-order valence-electron chi connectivity index (χ0n) is 15.5. The molecule has 0 saturated carbocycles. The Labute approximate surface area is 161 Å². The average molecular weight is 382 g/mol. The molecule has 1 aromatic heterocycles. The zero-order valence-corrected chi connectivity index (χ0v) is 15.5. The Balaban J connectivity index is 1.98.